The first-order valence-electron chi connectivity index (χ1n) is 4.55. The molecular weight excluding hydrogens is 176 g/mol. The number of hydrogen-bond acceptors (Lipinski definition) is 3. The van der Waals surface area contributed by atoms with Gasteiger partial charge in [-0.05, 0) is 29.5 Å². The van der Waals surface area contributed by atoms with E-state index in [1.165, 1.54) is 12.5 Å². The highest BCUT2D eigenvalue weighted by Crippen LogP contribution is 2.18. The third-order valence-corrected chi connectivity index (χ3v) is 2.31. The molecule has 0 radical (unpaired) electrons. The molecule has 0 saturated heterocycles. The molecular formula is C11H12N2O. The first-order valence-corrected chi connectivity index (χ1v) is 4.55. The van der Waals surface area contributed by atoms with Crippen LogP contribution >= 0.6 is 0 Å². The fourth-order valence-electron chi connectivity index (χ4n) is 1.51. The summed E-state index contributed by atoms with van der Waals surface area (Å²) in [7, 11) is 2.01. The molecule has 0 fully saturated rings. The first kappa shape index (κ1) is 8.94. The topological polar surface area (TPSA) is 33.2 Å². The summed E-state index contributed by atoms with van der Waals surface area (Å²) in [5, 5.41) is 0. The molecule has 1 aromatic heterocycles. The van der Waals surface area contributed by atoms with Crippen LogP contribution in [0.15, 0.2) is 18.5 Å². The largest absolute Gasteiger partial charge is 0.376 e. The standard InChI is InChI=1S/C11H12N2O/c1-8(14)11-5-9-3-4-13(2)7-10(9)6-12-11/h3-6H,7H2,1-2H3. The Balaban J connectivity index is 2.44. The fraction of sp³-hybridized carbons (Fsp3) is 0.273. The van der Waals surface area contributed by atoms with E-state index >= 15 is 0 Å². The lowest BCUT2D eigenvalue weighted by atomic mass is 10.1. The van der Waals surface area contributed by atoms with Crippen LogP contribution in [-0.4, -0.2) is 22.7 Å². The second kappa shape index (κ2) is 3.25. The maximum atomic E-state index is 11.1. The molecule has 3 nitrogen and oxygen atoms in total. The van der Waals surface area contributed by atoms with Crippen LogP contribution in [0.5, 0.6) is 0 Å². The highest BCUT2D eigenvalue weighted by molar-refractivity contribution is 5.92. The lowest BCUT2D eigenvalue weighted by Gasteiger charge is -2.20. The number of aromatic nitrogens is 1. The van der Waals surface area contributed by atoms with Gasteiger partial charge in [-0.25, -0.2) is 0 Å². The Kier molecular flexibility index (Phi) is 2.08. The Labute approximate surface area is 83.1 Å². The van der Waals surface area contributed by atoms with Crippen molar-refractivity contribution in [1.82, 2.24) is 9.88 Å². The van der Waals surface area contributed by atoms with Gasteiger partial charge in [-0.15, -0.1) is 0 Å². The van der Waals surface area contributed by atoms with Gasteiger partial charge in [0, 0.05) is 26.7 Å². The normalized spacial score (nSPS) is 14.0. The number of carbonyl (C=O) groups excluding carboxylic acids is 1. The molecule has 1 aliphatic rings. The first-order chi connectivity index (χ1) is 6.66. The van der Waals surface area contributed by atoms with E-state index < -0.39 is 0 Å². The molecule has 0 unspecified atom stereocenters. The Morgan fingerprint density at radius 3 is 3.07 bits per heavy atom. The molecule has 0 atom stereocenters. The summed E-state index contributed by atoms with van der Waals surface area (Å²) >= 11 is 0. The Hall–Kier alpha value is -1.64. The van der Waals surface area contributed by atoms with Crippen molar-refractivity contribution in [3.8, 4) is 0 Å². The number of ketones is 1. The summed E-state index contributed by atoms with van der Waals surface area (Å²) in [6.45, 7) is 2.39. The summed E-state index contributed by atoms with van der Waals surface area (Å²) < 4.78 is 0. The van der Waals surface area contributed by atoms with Crippen LogP contribution in [0.2, 0.25) is 0 Å². The van der Waals surface area contributed by atoms with Crippen molar-refractivity contribution in [2.45, 2.75) is 13.5 Å². The van der Waals surface area contributed by atoms with Crippen LogP contribution in [0.3, 0.4) is 0 Å². The molecule has 0 spiro atoms. The molecule has 2 heterocycles. The average Bonchev–Trinajstić information content (AvgIpc) is 2.16. The zero-order valence-electron chi connectivity index (χ0n) is 8.32. The quantitative estimate of drug-likeness (QED) is 0.629. The number of pyridine rings is 1. The number of rotatable bonds is 1. The number of fused-ring (bicyclic) bond motifs is 1. The van der Waals surface area contributed by atoms with Gasteiger partial charge in [-0.3, -0.25) is 9.78 Å². The molecule has 1 aromatic rings. The van der Waals surface area contributed by atoms with E-state index in [0.29, 0.717) is 5.69 Å². The number of Topliss-reactive ketones (excluding diaryl/α,β-unsaturated/α-hetero) is 1. The predicted octanol–water partition coefficient (Wildman–Crippen LogP) is 1.70. The van der Waals surface area contributed by atoms with Crippen LogP contribution in [0.4, 0.5) is 0 Å². The molecule has 3 heteroatoms. The van der Waals surface area contributed by atoms with Gasteiger partial charge in [0.1, 0.15) is 5.69 Å². The smallest absolute Gasteiger partial charge is 0.178 e. The molecule has 0 aliphatic carbocycles. The van der Waals surface area contributed by atoms with Crippen LogP contribution < -0.4 is 0 Å². The van der Waals surface area contributed by atoms with Crippen LogP contribution in [0.1, 0.15) is 28.5 Å². The van der Waals surface area contributed by atoms with E-state index in [2.05, 4.69) is 9.88 Å². The van der Waals surface area contributed by atoms with Gasteiger partial charge in [0.05, 0.1) is 0 Å². The van der Waals surface area contributed by atoms with E-state index in [4.69, 9.17) is 0 Å². The zero-order chi connectivity index (χ0) is 10.1. The molecule has 0 N–H and O–H groups in total. The van der Waals surface area contributed by atoms with Crippen molar-refractivity contribution in [1.29, 1.82) is 0 Å². The Morgan fingerprint density at radius 2 is 2.36 bits per heavy atom. The summed E-state index contributed by atoms with van der Waals surface area (Å²) in [4.78, 5) is 17.3. The van der Waals surface area contributed by atoms with E-state index in [-0.39, 0.29) is 5.78 Å². The summed E-state index contributed by atoms with van der Waals surface area (Å²) in [6, 6.07) is 1.85. The minimum Gasteiger partial charge on any atom is -0.376 e. The van der Waals surface area contributed by atoms with E-state index in [1.54, 1.807) is 6.20 Å². The van der Waals surface area contributed by atoms with Crippen molar-refractivity contribution < 1.29 is 4.79 Å². The molecule has 0 amide bonds. The monoisotopic (exact) mass is 188 g/mol. The Bertz CT molecular complexity index is 410. The van der Waals surface area contributed by atoms with Crippen molar-refractivity contribution >= 4 is 11.9 Å². The summed E-state index contributed by atoms with van der Waals surface area (Å²) in [5.41, 5.74) is 2.81. The van der Waals surface area contributed by atoms with Crippen LogP contribution in [0.25, 0.3) is 6.08 Å². The summed E-state index contributed by atoms with van der Waals surface area (Å²) in [6.07, 6.45) is 5.80. The van der Waals surface area contributed by atoms with Crippen molar-refractivity contribution in [2.75, 3.05) is 7.05 Å². The minimum absolute atomic E-state index is 0.0140. The van der Waals surface area contributed by atoms with E-state index in [0.717, 1.165) is 12.1 Å². The van der Waals surface area contributed by atoms with E-state index in [1.807, 2.05) is 25.4 Å². The van der Waals surface area contributed by atoms with Gasteiger partial charge in [0.25, 0.3) is 0 Å². The maximum Gasteiger partial charge on any atom is 0.178 e. The SMILES string of the molecule is CC(=O)c1cc2c(cn1)CN(C)C=C2. The molecule has 0 saturated carbocycles. The van der Waals surface area contributed by atoms with Crippen molar-refractivity contribution in [3.63, 3.8) is 0 Å². The summed E-state index contributed by atoms with van der Waals surface area (Å²) in [5.74, 6) is 0.0140. The van der Waals surface area contributed by atoms with Gasteiger partial charge in [0.15, 0.2) is 5.78 Å². The van der Waals surface area contributed by atoms with Gasteiger partial charge < -0.3 is 4.90 Å². The van der Waals surface area contributed by atoms with Crippen molar-refractivity contribution in [3.05, 3.63) is 35.3 Å². The molecule has 0 aromatic carbocycles. The van der Waals surface area contributed by atoms with E-state index in [9.17, 15) is 4.79 Å². The molecule has 2 rings (SSSR count). The molecule has 72 valence electrons. The van der Waals surface area contributed by atoms with Gasteiger partial charge in [-0.2, -0.15) is 0 Å². The predicted molar refractivity (Wildman–Crippen MR) is 54.7 cm³/mol. The number of carbonyl (C=O) groups is 1. The van der Waals surface area contributed by atoms with Crippen LogP contribution in [-0.2, 0) is 6.54 Å². The van der Waals surface area contributed by atoms with Gasteiger partial charge >= 0.3 is 0 Å². The molecule has 0 bridgehead atoms. The number of hydrogen-bond donors (Lipinski definition) is 0. The number of nitrogens with zero attached hydrogens (tertiary/aromatic N) is 2. The second-order valence-electron chi connectivity index (χ2n) is 3.56. The van der Waals surface area contributed by atoms with Gasteiger partial charge in [0.2, 0.25) is 0 Å². The Morgan fingerprint density at radius 1 is 1.57 bits per heavy atom. The van der Waals surface area contributed by atoms with Crippen LogP contribution in [0, 0.1) is 0 Å². The minimum atomic E-state index is 0.0140. The lowest BCUT2D eigenvalue weighted by Crippen LogP contribution is -2.15. The average molecular weight is 188 g/mol. The zero-order valence-corrected chi connectivity index (χ0v) is 8.32. The third kappa shape index (κ3) is 1.53. The highest BCUT2D eigenvalue weighted by Gasteiger charge is 2.10. The molecule has 1 aliphatic heterocycles. The third-order valence-electron chi connectivity index (χ3n) is 2.31. The lowest BCUT2D eigenvalue weighted by molar-refractivity contribution is 0.101. The highest BCUT2D eigenvalue weighted by atomic mass is 16.1. The van der Waals surface area contributed by atoms with Crippen molar-refractivity contribution in [2.24, 2.45) is 0 Å². The maximum absolute atomic E-state index is 11.1. The fourth-order valence-corrected chi connectivity index (χ4v) is 1.51. The molecule has 14 heavy (non-hydrogen) atoms. The van der Waals surface area contributed by atoms with Gasteiger partial charge in [-0.1, -0.05) is 0 Å². The second-order valence-corrected chi connectivity index (χ2v) is 3.56.